The van der Waals surface area contributed by atoms with Crippen LogP contribution in [-0.2, 0) is 9.47 Å². The number of aromatic nitrogens is 1. The van der Waals surface area contributed by atoms with Crippen LogP contribution < -0.4 is 10.2 Å². The predicted octanol–water partition coefficient (Wildman–Crippen LogP) is 8.46. The molecule has 1 aromatic heterocycles. The van der Waals surface area contributed by atoms with Crippen molar-refractivity contribution < 1.29 is 18.7 Å². The number of hydrogen-bond donors (Lipinski definition) is 2. The van der Waals surface area contributed by atoms with Crippen molar-refractivity contribution in [1.82, 2.24) is 10.3 Å². The maximum absolute atomic E-state index is 15.3. The molecule has 3 aromatic rings. The molecule has 0 atom stereocenters. The van der Waals surface area contributed by atoms with Crippen LogP contribution in [0, 0.1) is 23.1 Å². The number of H-pyrrole nitrogens is 1. The van der Waals surface area contributed by atoms with E-state index in [1.54, 1.807) is 12.3 Å². The summed E-state index contributed by atoms with van der Waals surface area (Å²) in [6.45, 7) is 7.34. The fraction of sp³-hybridized carbons (Fsp3) is 0.556. The average molecular weight is 637 g/mol. The van der Waals surface area contributed by atoms with Crippen LogP contribution in [0.4, 0.5) is 10.1 Å². The van der Waals surface area contributed by atoms with E-state index in [0.717, 1.165) is 99.5 Å². The van der Waals surface area contributed by atoms with Gasteiger partial charge in [-0.1, -0.05) is 44.4 Å². The molecule has 0 unspecified atom stereocenters. The minimum Gasteiger partial charge on any atom is -0.371 e. The Hall–Kier alpha value is -3.12. The summed E-state index contributed by atoms with van der Waals surface area (Å²) in [6, 6.07) is 11.1. The maximum atomic E-state index is 15.3. The van der Waals surface area contributed by atoms with Gasteiger partial charge in [0.25, 0.3) is 5.91 Å². The lowest BCUT2D eigenvalue weighted by molar-refractivity contribution is -0.177. The summed E-state index contributed by atoms with van der Waals surface area (Å²) in [4.78, 5) is 18.5. The smallest absolute Gasteiger partial charge is 0.254 e. The summed E-state index contributed by atoms with van der Waals surface area (Å²) in [5.41, 5.74) is 3.49. The lowest BCUT2D eigenvalue weighted by atomic mass is 9.81. The SMILES string of the molecule is CCCCOC(OCCCC)C1CCN(c2ccc(C(=O)NC3CCC(c4ccc(Cl)c5c(C#N)c[nH]c45)CC3)c(F)c2)CC1. The van der Waals surface area contributed by atoms with E-state index in [-0.39, 0.29) is 23.8 Å². The zero-order valence-corrected chi connectivity index (χ0v) is 27.3. The number of piperidine rings is 1. The summed E-state index contributed by atoms with van der Waals surface area (Å²) in [5, 5.41) is 13.9. The number of nitrogens with one attached hydrogen (secondary N) is 2. The topological polar surface area (TPSA) is 90.4 Å². The second kappa shape index (κ2) is 15.9. The Morgan fingerprint density at radius 2 is 1.76 bits per heavy atom. The van der Waals surface area contributed by atoms with Gasteiger partial charge in [0.1, 0.15) is 11.9 Å². The normalized spacial score (nSPS) is 19.2. The number of unbranched alkanes of at least 4 members (excludes halogenated alkanes) is 2. The third kappa shape index (κ3) is 8.00. The number of amides is 1. The molecule has 2 aliphatic rings. The number of fused-ring (bicyclic) bond motifs is 1. The summed E-state index contributed by atoms with van der Waals surface area (Å²) >= 11 is 6.39. The first kappa shape index (κ1) is 33.2. The van der Waals surface area contributed by atoms with Crippen molar-refractivity contribution in [3.8, 4) is 6.07 Å². The highest BCUT2D eigenvalue weighted by Gasteiger charge is 2.30. The maximum Gasteiger partial charge on any atom is 0.254 e. The van der Waals surface area contributed by atoms with Gasteiger partial charge in [-0.05, 0) is 87.1 Å². The third-order valence-electron chi connectivity index (χ3n) is 9.49. The molecule has 5 rings (SSSR count). The number of benzene rings is 2. The molecule has 9 heteroatoms. The van der Waals surface area contributed by atoms with Crippen LogP contribution in [0.3, 0.4) is 0 Å². The van der Waals surface area contributed by atoms with Gasteiger partial charge in [-0.3, -0.25) is 4.79 Å². The number of halogens is 2. The van der Waals surface area contributed by atoms with Crippen molar-refractivity contribution in [1.29, 1.82) is 5.26 Å². The number of nitriles is 1. The van der Waals surface area contributed by atoms with Gasteiger partial charge in [0.15, 0.2) is 6.29 Å². The van der Waals surface area contributed by atoms with Crippen molar-refractivity contribution in [2.24, 2.45) is 5.92 Å². The Balaban J connectivity index is 1.13. The van der Waals surface area contributed by atoms with Gasteiger partial charge >= 0.3 is 0 Å². The monoisotopic (exact) mass is 636 g/mol. The second-order valence-electron chi connectivity index (χ2n) is 12.5. The molecule has 1 aliphatic carbocycles. The van der Waals surface area contributed by atoms with E-state index in [1.807, 2.05) is 18.2 Å². The number of anilines is 1. The van der Waals surface area contributed by atoms with E-state index in [1.165, 1.54) is 6.07 Å². The minimum atomic E-state index is -0.493. The van der Waals surface area contributed by atoms with Crippen LogP contribution in [0.15, 0.2) is 36.5 Å². The molecule has 45 heavy (non-hydrogen) atoms. The zero-order chi connectivity index (χ0) is 31.8. The first-order chi connectivity index (χ1) is 21.9. The van der Waals surface area contributed by atoms with E-state index in [9.17, 15) is 10.1 Å². The summed E-state index contributed by atoms with van der Waals surface area (Å²) in [7, 11) is 0. The van der Waals surface area contributed by atoms with Gasteiger partial charge in [0.05, 0.1) is 21.7 Å². The van der Waals surface area contributed by atoms with Crippen LogP contribution in [0.5, 0.6) is 0 Å². The van der Waals surface area contributed by atoms with Crippen molar-refractivity contribution >= 4 is 34.1 Å². The molecule has 0 bridgehead atoms. The number of rotatable bonds is 13. The largest absolute Gasteiger partial charge is 0.371 e. The van der Waals surface area contributed by atoms with Crippen molar-refractivity contribution in [2.45, 2.75) is 96.3 Å². The first-order valence-corrected chi connectivity index (χ1v) is 17.1. The standard InChI is InChI=1S/C36H46ClFN4O3/c1-3-5-19-44-36(45-20-6-4-2)25-15-17-42(18-16-25)28-11-12-30(32(38)21-28)35(43)41-27-9-7-24(8-10-27)29-13-14-31(37)33-26(22-39)23-40-34(29)33/h11-14,21,23-25,27,36,40H,3-10,15-20H2,1-2H3,(H,41,43). The molecule has 0 spiro atoms. The molecule has 0 radical (unpaired) electrons. The van der Waals surface area contributed by atoms with Gasteiger partial charge in [-0.2, -0.15) is 5.26 Å². The summed E-state index contributed by atoms with van der Waals surface area (Å²) in [6.07, 6.45) is 11.0. The van der Waals surface area contributed by atoms with Gasteiger partial charge < -0.3 is 24.7 Å². The van der Waals surface area contributed by atoms with E-state index >= 15 is 4.39 Å². The Kier molecular flexibility index (Phi) is 11.8. The van der Waals surface area contributed by atoms with E-state index in [0.29, 0.717) is 35.6 Å². The van der Waals surface area contributed by atoms with Crippen LogP contribution in [0.1, 0.15) is 105 Å². The highest BCUT2D eigenvalue weighted by Crippen LogP contribution is 2.39. The van der Waals surface area contributed by atoms with Crippen molar-refractivity contribution in [3.63, 3.8) is 0 Å². The molecule has 242 valence electrons. The molecule has 2 heterocycles. The van der Waals surface area contributed by atoms with Crippen LogP contribution in [-0.4, -0.2) is 49.5 Å². The summed E-state index contributed by atoms with van der Waals surface area (Å²) < 4.78 is 27.5. The molecule has 2 N–H and O–H groups in total. The highest BCUT2D eigenvalue weighted by molar-refractivity contribution is 6.36. The van der Waals surface area contributed by atoms with Gasteiger partial charge in [-0.15, -0.1) is 0 Å². The Morgan fingerprint density at radius 1 is 1.07 bits per heavy atom. The molecule has 2 aromatic carbocycles. The van der Waals surface area contributed by atoms with Crippen LogP contribution in [0.2, 0.25) is 5.02 Å². The third-order valence-corrected chi connectivity index (χ3v) is 9.80. The molecular weight excluding hydrogens is 591 g/mol. The highest BCUT2D eigenvalue weighted by atomic mass is 35.5. The van der Waals surface area contributed by atoms with Gasteiger partial charge in [-0.25, -0.2) is 4.39 Å². The van der Waals surface area contributed by atoms with Crippen molar-refractivity contribution in [3.05, 3.63) is 64.1 Å². The Bertz CT molecular complexity index is 1460. The van der Waals surface area contributed by atoms with E-state index in [2.05, 4.69) is 35.1 Å². The predicted molar refractivity (Wildman–Crippen MR) is 177 cm³/mol. The number of ether oxygens (including phenoxy) is 2. The number of carbonyl (C=O) groups is 1. The summed E-state index contributed by atoms with van der Waals surface area (Å²) in [5.74, 6) is -0.240. The lowest BCUT2D eigenvalue weighted by Gasteiger charge is -2.37. The second-order valence-corrected chi connectivity index (χ2v) is 12.9. The number of hydrogen-bond acceptors (Lipinski definition) is 5. The van der Waals surface area contributed by atoms with E-state index in [4.69, 9.17) is 21.1 Å². The fourth-order valence-corrected chi connectivity index (χ4v) is 7.05. The van der Waals surface area contributed by atoms with Gasteiger partial charge in [0.2, 0.25) is 0 Å². The zero-order valence-electron chi connectivity index (χ0n) is 26.5. The molecule has 2 fully saturated rings. The molecule has 1 amide bonds. The fourth-order valence-electron chi connectivity index (χ4n) is 6.79. The lowest BCUT2D eigenvalue weighted by Crippen LogP contribution is -2.40. The average Bonchev–Trinajstić information content (AvgIpc) is 3.50. The molecular formula is C36H46ClFN4O3. The molecule has 1 saturated heterocycles. The number of aromatic amines is 1. The van der Waals surface area contributed by atoms with Gasteiger partial charge in [0, 0.05) is 55.5 Å². The van der Waals surface area contributed by atoms with E-state index < -0.39 is 5.82 Å². The minimum absolute atomic E-state index is 0.0139. The Morgan fingerprint density at radius 3 is 2.38 bits per heavy atom. The van der Waals surface area contributed by atoms with Crippen LogP contribution in [0.25, 0.3) is 10.9 Å². The number of carbonyl (C=O) groups excluding carboxylic acids is 1. The van der Waals surface area contributed by atoms with Crippen molar-refractivity contribution in [2.75, 3.05) is 31.2 Å². The molecule has 1 saturated carbocycles. The quantitative estimate of drug-likeness (QED) is 0.145. The first-order valence-electron chi connectivity index (χ1n) is 16.7. The number of nitrogens with zero attached hydrogens (tertiary/aromatic N) is 2. The molecule has 1 aliphatic heterocycles. The Labute approximate surface area is 271 Å². The van der Waals surface area contributed by atoms with Crippen LogP contribution >= 0.6 is 11.6 Å². The molecule has 7 nitrogen and oxygen atoms in total.